The van der Waals surface area contributed by atoms with Gasteiger partial charge in [0.2, 0.25) is 5.76 Å². The normalized spacial score (nSPS) is 12.5. The maximum atomic E-state index is 14.4. The highest BCUT2D eigenvalue weighted by Gasteiger charge is 2.27. The van der Waals surface area contributed by atoms with E-state index in [0.29, 0.717) is 29.2 Å². The number of aromatic amines is 1. The Kier molecular flexibility index (Phi) is 10.5. The molecule has 0 radical (unpaired) electrons. The van der Waals surface area contributed by atoms with E-state index in [1.54, 1.807) is 18.2 Å². The second-order valence-electron chi connectivity index (χ2n) is 9.46. The average molecular weight is 581 g/mol. The highest BCUT2D eigenvalue weighted by atomic mass is 35.5. The van der Waals surface area contributed by atoms with Gasteiger partial charge in [0.25, 0.3) is 11.5 Å². The van der Waals surface area contributed by atoms with Gasteiger partial charge in [-0.05, 0) is 54.7 Å². The van der Waals surface area contributed by atoms with E-state index in [-0.39, 0.29) is 25.4 Å². The maximum Gasteiger partial charge on any atom is 0.311 e. The molecule has 3 aromatic carbocycles. The van der Waals surface area contributed by atoms with Crippen molar-refractivity contribution in [3.8, 4) is 11.1 Å². The molecule has 1 aromatic heterocycles. The van der Waals surface area contributed by atoms with E-state index in [2.05, 4.69) is 10.5 Å². The zero-order valence-corrected chi connectivity index (χ0v) is 23.2. The molecule has 4 rings (SSSR count). The van der Waals surface area contributed by atoms with Crippen LogP contribution in [-0.2, 0) is 27.3 Å². The van der Waals surface area contributed by atoms with Gasteiger partial charge in [-0.3, -0.25) is 14.4 Å². The highest BCUT2D eigenvalue weighted by molar-refractivity contribution is 6.30. The Morgan fingerprint density at radius 2 is 1.78 bits per heavy atom. The fourth-order valence-corrected chi connectivity index (χ4v) is 4.52. The molecule has 1 heterocycles. The van der Waals surface area contributed by atoms with Crippen LogP contribution >= 0.6 is 11.6 Å². The number of ether oxygens (including phenoxy) is 2. The lowest BCUT2D eigenvalue weighted by atomic mass is 9.94. The number of H-pyrrole nitrogens is 1. The van der Waals surface area contributed by atoms with E-state index in [4.69, 9.17) is 25.6 Å². The van der Waals surface area contributed by atoms with Crippen LogP contribution in [0.2, 0.25) is 5.02 Å². The number of aromatic nitrogens is 1. The van der Waals surface area contributed by atoms with Gasteiger partial charge in [0.05, 0.1) is 18.6 Å². The predicted octanol–water partition coefficient (Wildman–Crippen LogP) is 5.55. The Labute approximate surface area is 241 Å². The summed E-state index contributed by atoms with van der Waals surface area (Å²) in [6.07, 6.45) is 0.520. The van der Waals surface area contributed by atoms with Gasteiger partial charge in [-0.1, -0.05) is 66.2 Å². The van der Waals surface area contributed by atoms with Crippen molar-refractivity contribution in [3.63, 3.8) is 0 Å². The molecule has 0 unspecified atom stereocenters. The Morgan fingerprint density at radius 1 is 1.02 bits per heavy atom. The molecule has 0 saturated heterocycles. The number of amides is 1. The van der Waals surface area contributed by atoms with E-state index >= 15 is 0 Å². The quantitative estimate of drug-likeness (QED) is 0.201. The first-order valence-corrected chi connectivity index (χ1v) is 13.5. The number of esters is 1. The van der Waals surface area contributed by atoms with Crippen LogP contribution in [0.15, 0.2) is 88.2 Å². The third-order valence-electron chi connectivity index (χ3n) is 6.41. The van der Waals surface area contributed by atoms with Crippen LogP contribution in [0.5, 0.6) is 0 Å². The molecule has 0 aliphatic carbocycles. The number of carbonyl (C=O) groups excluding carboxylic acids is 2. The Bertz CT molecular complexity index is 1500. The van der Waals surface area contributed by atoms with Gasteiger partial charge in [-0.2, -0.15) is 5.16 Å². The van der Waals surface area contributed by atoms with Crippen LogP contribution in [0, 0.1) is 11.7 Å². The lowest BCUT2D eigenvalue weighted by Gasteiger charge is -2.24. The molecule has 4 aromatic rings. The summed E-state index contributed by atoms with van der Waals surface area (Å²) < 4.78 is 30.5. The van der Waals surface area contributed by atoms with Gasteiger partial charge in [-0.15, -0.1) is 0 Å². The van der Waals surface area contributed by atoms with Crippen LogP contribution in [0.3, 0.4) is 0 Å². The summed E-state index contributed by atoms with van der Waals surface area (Å²) in [6, 6.07) is 21.3. The first-order chi connectivity index (χ1) is 19.8. The molecule has 0 aliphatic rings. The average Bonchev–Trinajstić information content (AvgIpc) is 3.42. The van der Waals surface area contributed by atoms with E-state index in [1.165, 1.54) is 12.1 Å². The summed E-state index contributed by atoms with van der Waals surface area (Å²) in [6.45, 7) is 2.43. The lowest BCUT2D eigenvalue weighted by Crippen LogP contribution is -2.40. The summed E-state index contributed by atoms with van der Waals surface area (Å²) in [5.41, 5.74) is 2.13. The van der Waals surface area contributed by atoms with Crippen molar-refractivity contribution in [1.82, 2.24) is 10.5 Å². The highest BCUT2D eigenvalue weighted by Crippen LogP contribution is 2.27. The molecule has 41 heavy (non-hydrogen) atoms. The third kappa shape index (κ3) is 8.64. The minimum absolute atomic E-state index is 0.0999. The number of halogens is 2. The van der Waals surface area contributed by atoms with Crippen LogP contribution in [0.1, 0.15) is 35.0 Å². The van der Waals surface area contributed by atoms with Crippen LogP contribution in [0.25, 0.3) is 11.1 Å². The minimum atomic E-state index is -0.679. The molecule has 1 amide bonds. The van der Waals surface area contributed by atoms with E-state index in [0.717, 1.165) is 17.2 Å². The van der Waals surface area contributed by atoms with Gasteiger partial charge in [0.15, 0.2) is 0 Å². The number of carbonyl (C=O) groups is 2. The first-order valence-electron chi connectivity index (χ1n) is 13.1. The van der Waals surface area contributed by atoms with Crippen molar-refractivity contribution in [3.05, 3.63) is 117 Å². The van der Waals surface area contributed by atoms with Crippen LogP contribution in [0.4, 0.5) is 4.39 Å². The monoisotopic (exact) mass is 580 g/mol. The number of hydrogen-bond acceptors (Lipinski definition) is 6. The number of nitrogens with one attached hydrogen (secondary N) is 2. The lowest BCUT2D eigenvalue weighted by molar-refractivity contribution is -0.152. The molecule has 0 aliphatic heterocycles. The summed E-state index contributed by atoms with van der Waals surface area (Å²) >= 11 is 6.05. The molecule has 0 saturated carbocycles. The zero-order valence-electron chi connectivity index (χ0n) is 22.4. The predicted molar refractivity (Wildman–Crippen MR) is 152 cm³/mol. The van der Waals surface area contributed by atoms with E-state index in [1.807, 2.05) is 49.4 Å². The van der Waals surface area contributed by atoms with Gasteiger partial charge in [0, 0.05) is 23.2 Å². The fraction of sp³-hybridized carbons (Fsp3) is 0.258. The standard InChI is InChI=1S/C31H30ClFN2O6/c1-2-39-19-23(31(38)40-18-21-6-4-3-5-7-21)15-25(34-30(37)28-17-29(36)35-41-28)14-20-8-10-22(11-9-20)26-16-24(32)12-13-27(26)33/h3-13,16-17,23,25H,2,14-15,18-19H2,1H3,(H,34,37)(H,35,36)/t23-,25+/m0/s1. The zero-order chi connectivity index (χ0) is 29.2. The Balaban J connectivity index is 1.53. The van der Waals surface area contributed by atoms with Crippen molar-refractivity contribution >= 4 is 23.5 Å². The SMILES string of the molecule is CCOC[C@H](C[C@@H](Cc1ccc(-c2cc(Cl)ccc2F)cc1)NC(=O)c1cc(=O)[nH]o1)C(=O)OCc1ccccc1. The largest absolute Gasteiger partial charge is 0.461 e. The van der Waals surface area contributed by atoms with Gasteiger partial charge < -0.3 is 19.3 Å². The van der Waals surface area contributed by atoms with Crippen LogP contribution in [-0.4, -0.2) is 36.3 Å². The Hall–Kier alpha value is -4.21. The molecule has 10 heteroatoms. The summed E-state index contributed by atoms with van der Waals surface area (Å²) in [4.78, 5) is 37.5. The van der Waals surface area contributed by atoms with Crippen molar-refractivity contribution in [1.29, 1.82) is 0 Å². The number of benzene rings is 3. The smallest absolute Gasteiger partial charge is 0.311 e. The minimum Gasteiger partial charge on any atom is -0.461 e. The second kappa shape index (κ2) is 14.4. The maximum absolute atomic E-state index is 14.4. The molecular formula is C31H30ClFN2O6. The second-order valence-corrected chi connectivity index (χ2v) is 9.89. The molecule has 0 fully saturated rings. The molecule has 2 atom stereocenters. The topological polar surface area (TPSA) is 111 Å². The summed E-state index contributed by atoms with van der Waals surface area (Å²) in [5.74, 6) is -2.32. The van der Waals surface area contributed by atoms with Crippen molar-refractivity contribution in [2.24, 2.45) is 5.92 Å². The third-order valence-corrected chi connectivity index (χ3v) is 6.64. The van der Waals surface area contributed by atoms with E-state index in [9.17, 15) is 18.8 Å². The molecular weight excluding hydrogens is 551 g/mol. The summed E-state index contributed by atoms with van der Waals surface area (Å²) in [7, 11) is 0. The van der Waals surface area contributed by atoms with Gasteiger partial charge >= 0.3 is 5.97 Å². The number of hydrogen-bond donors (Lipinski definition) is 2. The fourth-order valence-electron chi connectivity index (χ4n) is 4.35. The van der Waals surface area contributed by atoms with Crippen molar-refractivity contribution in [2.45, 2.75) is 32.4 Å². The van der Waals surface area contributed by atoms with Crippen LogP contribution < -0.4 is 10.9 Å². The van der Waals surface area contributed by atoms with Gasteiger partial charge in [0.1, 0.15) is 12.4 Å². The first kappa shape index (κ1) is 29.8. The van der Waals surface area contributed by atoms with E-state index < -0.39 is 35.2 Å². The molecule has 2 N–H and O–H groups in total. The van der Waals surface area contributed by atoms with Gasteiger partial charge in [-0.25, -0.2) is 4.39 Å². The molecule has 0 spiro atoms. The molecule has 8 nitrogen and oxygen atoms in total. The summed E-state index contributed by atoms with van der Waals surface area (Å²) in [5, 5.41) is 5.38. The van der Waals surface area contributed by atoms with Crippen molar-refractivity contribution in [2.75, 3.05) is 13.2 Å². The number of rotatable bonds is 13. The molecule has 214 valence electrons. The Morgan fingerprint density at radius 3 is 2.46 bits per heavy atom. The molecule has 0 bridgehead atoms. The van der Waals surface area contributed by atoms with Crippen molar-refractivity contribution < 1.29 is 28.0 Å².